The highest BCUT2D eigenvalue weighted by molar-refractivity contribution is 5.78. The topological polar surface area (TPSA) is 87.9 Å². The molecule has 0 aliphatic rings. The first-order valence-corrected chi connectivity index (χ1v) is 8.47. The molecule has 7 heteroatoms. The van der Waals surface area contributed by atoms with Crippen molar-refractivity contribution in [2.45, 2.75) is 46.6 Å². The van der Waals surface area contributed by atoms with Crippen LogP contribution in [0.1, 0.15) is 42.1 Å². The molecule has 0 spiro atoms. The number of fused-ring (bicyclic) bond motifs is 1. The summed E-state index contributed by atoms with van der Waals surface area (Å²) in [5.74, 6) is 1.89. The van der Waals surface area contributed by atoms with Gasteiger partial charge in [0.1, 0.15) is 5.82 Å². The maximum atomic E-state index is 12.3. The monoisotopic (exact) mass is 341 g/mol. The Bertz CT molecular complexity index is 857. The lowest BCUT2D eigenvalue weighted by Crippen LogP contribution is -2.26. The van der Waals surface area contributed by atoms with Gasteiger partial charge in [0.25, 0.3) is 0 Å². The van der Waals surface area contributed by atoms with E-state index < -0.39 is 0 Å². The number of imidazole rings is 1. The van der Waals surface area contributed by atoms with Gasteiger partial charge in [0, 0.05) is 26.3 Å². The molecular formula is C18H23N5O2. The van der Waals surface area contributed by atoms with Crippen molar-refractivity contribution in [3.8, 4) is 0 Å². The van der Waals surface area contributed by atoms with Crippen LogP contribution < -0.4 is 0 Å². The number of H-pyrrole nitrogens is 1. The molecule has 25 heavy (non-hydrogen) atoms. The van der Waals surface area contributed by atoms with E-state index in [1.54, 1.807) is 11.9 Å². The SMILES string of the molecule is CCc1nnc(CN(C)C(=O)CCc2nc3cc(C)c(C)cc3[nH]2)o1. The molecule has 0 radical (unpaired) electrons. The molecule has 1 amide bonds. The zero-order valence-electron chi connectivity index (χ0n) is 15.1. The van der Waals surface area contributed by atoms with E-state index in [0.29, 0.717) is 37.6 Å². The molecule has 0 unspecified atom stereocenters. The van der Waals surface area contributed by atoms with Crippen molar-refractivity contribution in [1.82, 2.24) is 25.1 Å². The lowest BCUT2D eigenvalue weighted by molar-refractivity contribution is -0.130. The van der Waals surface area contributed by atoms with E-state index in [1.165, 1.54) is 11.1 Å². The predicted octanol–water partition coefficient (Wildman–Crippen LogP) is 2.72. The van der Waals surface area contributed by atoms with E-state index >= 15 is 0 Å². The third-order valence-electron chi connectivity index (χ3n) is 4.33. The molecule has 0 saturated carbocycles. The average molecular weight is 341 g/mol. The lowest BCUT2D eigenvalue weighted by atomic mass is 10.1. The zero-order valence-corrected chi connectivity index (χ0v) is 15.1. The van der Waals surface area contributed by atoms with E-state index in [1.807, 2.05) is 6.92 Å². The summed E-state index contributed by atoms with van der Waals surface area (Å²) in [5.41, 5.74) is 4.39. The van der Waals surface area contributed by atoms with E-state index in [9.17, 15) is 4.79 Å². The van der Waals surface area contributed by atoms with Crippen LogP contribution in [0.15, 0.2) is 16.5 Å². The largest absolute Gasteiger partial charge is 0.423 e. The zero-order chi connectivity index (χ0) is 18.0. The molecule has 0 bridgehead atoms. The molecule has 0 fully saturated rings. The van der Waals surface area contributed by atoms with E-state index in [4.69, 9.17) is 4.42 Å². The number of aromatic amines is 1. The number of hydrogen-bond acceptors (Lipinski definition) is 5. The Morgan fingerprint density at radius 2 is 1.92 bits per heavy atom. The van der Waals surface area contributed by atoms with Crippen molar-refractivity contribution >= 4 is 16.9 Å². The van der Waals surface area contributed by atoms with Crippen molar-refractivity contribution in [2.24, 2.45) is 0 Å². The van der Waals surface area contributed by atoms with Gasteiger partial charge in [-0.05, 0) is 37.1 Å². The van der Waals surface area contributed by atoms with Gasteiger partial charge in [-0.2, -0.15) is 0 Å². The molecular weight excluding hydrogens is 318 g/mol. The van der Waals surface area contributed by atoms with Crippen molar-refractivity contribution in [1.29, 1.82) is 0 Å². The molecule has 1 aromatic carbocycles. The highest BCUT2D eigenvalue weighted by atomic mass is 16.4. The summed E-state index contributed by atoms with van der Waals surface area (Å²) in [6, 6.07) is 4.16. The summed E-state index contributed by atoms with van der Waals surface area (Å²) < 4.78 is 5.44. The lowest BCUT2D eigenvalue weighted by Gasteiger charge is -2.14. The summed E-state index contributed by atoms with van der Waals surface area (Å²) in [6.07, 6.45) is 1.64. The molecule has 7 nitrogen and oxygen atoms in total. The Morgan fingerprint density at radius 1 is 1.20 bits per heavy atom. The highest BCUT2D eigenvalue weighted by Gasteiger charge is 2.14. The van der Waals surface area contributed by atoms with E-state index in [2.05, 4.69) is 46.1 Å². The summed E-state index contributed by atoms with van der Waals surface area (Å²) in [6.45, 7) is 6.42. The van der Waals surface area contributed by atoms with Gasteiger partial charge in [-0.3, -0.25) is 4.79 Å². The minimum Gasteiger partial charge on any atom is -0.423 e. The summed E-state index contributed by atoms with van der Waals surface area (Å²) in [4.78, 5) is 21.8. The fourth-order valence-corrected chi connectivity index (χ4v) is 2.64. The van der Waals surface area contributed by atoms with Gasteiger partial charge in [0.15, 0.2) is 0 Å². The van der Waals surface area contributed by atoms with Crippen LogP contribution in [0.25, 0.3) is 11.0 Å². The highest BCUT2D eigenvalue weighted by Crippen LogP contribution is 2.18. The van der Waals surface area contributed by atoms with Gasteiger partial charge in [-0.25, -0.2) is 4.98 Å². The maximum absolute atomic E-state index is 12.3. The number of aromatic nitrogens is 4. The quantitative estimate of drug-likeness (QED) is 0.745. The fraction of sp³-hybridized carbons (Fsp3) is 0.444. The number of carbonyl (C=O) groups excluding carboxylic acids is 1. The third-order valence-corrected chi connectivity index (χ3v) is 4.33. The molecule has 0 saturated heterocycles. The fourth-order valence-electron chi connectivity index (χ4n) is 2.64. The Labute approximate surface area is 146 Å². The van der Waals surface area contributed by atoms with Crippen molar-refractivity contribution in [3.63, 3.8) is 0 Å². The van der Waals surface area contributed by atoms with Gasteiger partial charge in [-0.15, -0.1) is 10.2 Å². The second kappa shape index (κ2) is 7.04. The smallest absolute Gasteiger partial charge is 0.235 e. The van der Waals surface area contributed by atoms with Crippen LogP contribution in [0.2, 0.25) is 0 Å². The van der Waals surface area contributed by atoms with Crippen LogP contribution in [0.4, 0.5) is 0 Å². The van der Waals surface area contributed by atoms with E-state index in [-0.39, 0.29) is 5.91 Å². The number of nitrogens with one attached hydrogen (secondary N) is 1. The van der Waals surface area contributed by atoms with Crippen LogP contribution in [0.5, 0.6) is 0 Å². The normalized spacial score (nSPS) is 11.2. The number of carbonyl (C=O) groups is 1. The van der Waals surface area contributed by atoms with Gasteiger partial charge in [0.2, 0.25) is 17.7 Å². The van der Waals surface area contributed by atoms with Crippen LogP contribution in [0.3, 0.4) is 0 Å². The first-order chi connectivity index (χ1) is 12.0. The van der Waals surface area contributed by atoms with Gasteiger partial charge >= 0.3 is 0 Å². The molecule has 0 atom stereocenters. The Hall–Kier alpha value is -2.70. The third kappa shape index (κ3) is 3.87. The summed E-state index contributed by atoms with van der Waals surface area (Å²) >= 11 is 0. The van der Waals surface area contributed by atoms with Crippen LogP contribution in [0, 0.1) is 13.8 Å². The number of rotatable bonds is 6. The first-order valence-electron chi connectivity index (χ1n) is 8.47. The van der Waals surface area contributed by atoms with Crippen molar-refractivity contribution < 1.29 is 9.21 Å². The van der Waals surface area contributed by atoms with Crippen molar-refractivity contribution in [3.05, 3.63) is 40.9 Å². The average Bonchev–Trinajstić information content (AvgIpc) is 3.19. The van der Waals surface area contributed by atoms with Gasteiger partial charge < -0.3 is 14.3 Å². The minimum atomic E-state index is 0.0177. The van der Waals surface area contributed by atoms with Crippen molar-refractivity contribution in [2.75, 3.05) is 7.05 Å². The Balaban J connectivity index is 1.59. The number of aryl methyl sites for hydroxylation is 4. The molecule has 0 aliphatic carbocycles. The molecule has 1 N–H and O–H groups in total. The van der Waals surface area contributed by atoms with E-state index in [0.717, 1.165) is 16.9 Å². The number of amides is 1. The van der Waals surface area contributed by atoms with Crippen LogP contribution >= 0.6 is 0 Å². The summed E-state index contributed by atoms with van der Waals surface area (Å²) in [5, 5.41) is 7.85. The Kier molecular flexibility index (Phi) is 4.83. The molecule has 3 rings (SSSR count). The van der Waals surface area contributed by atoms with Gasteiger partial charge in [-0.1, -0.05) is 6.92 Å². The number of benzene rings is 1. The molecule has 2 heterocycles. The van der Waals surface area contributed by atoms with Crippen LogP contribution in [-0.2, 0) is 24.2 Å². The molecule has 3 aromatic rings. The predicted molar refractivity (Wildman–Crippen MR) is 94.0 cm³/mol. The first kappa shape index (κ1) is 17.1. The van der Waals surface area contributed by atoms with Crippen LogP contribution in [-0.4, -0.2) is 38.0 Å². The molecule has 2 aromatic heterocycles. The Morgan fingerprint density at radius 3 is 2.64 bits per heavy atom. The molecule has 0 aliphatic heterocycles. The second-order valence-electron chi connectivity index (χ2n) is 6.33. The molecule has 132 valence electrons. The maximum Gasteiger partial charge on any atom is 0.235 e. The number of hydrogen-bond donors (Lipinski definition) is 1. The summed E-state index contributed by atoms with van der Waals surface area (Å²) in [7, 11) is 1.74. The standard InChI is InChI=1S/C18H23N5O2/c1-5-16-21-22-17(25-16)10-23(4)18(24)7-6-15-19-13-8-11(2)12(3)9-14(13)20-15/h8-9H,5-7,10H2,1-4H3,(H,19,20). The number of nitrogens with zero attached hydrogens (tertiary/aromatic N) is 4. The van der Waals surface area contributed by atoms with Gasteiger partial charge in [0.05, 0.1) is 17.6 Å². The second-order valence-corrected chi connectivity index (χ2v) is 6.33. The minimum absolute atomic E-state index is 0.0177.